The molecule has 0 saturated heterocycles. The largest absolute Gasteiger partial charge is 0.392 e. The quantitative estimate of drug-likeness (QED) is 0.742. The number of rotatable bonds is 2. The third-order valence-corrected chi connectivity index (χ3v) is 1.84. The SMILES string of the molecule is CC(=CCO)c1cccc(C#N)c1. The van der Waals surface area contributed by atoms with E-state index in [1.54, 1.807) is 12.1 Å². The van der Waals surface area contributed by atoms with E-state index in [1.165, 1.54) is 0 Å². The van der Waals surface area contributed by atoms with Gasteiger partial charge in [-0.3, -0.25) is 0 Å². The molecule has 13 heavy (non-hydrogen) atoms. The summed E-state index contributed by atoms with van der Waals surface area (Å²) in [7, 11) is 0. The highest BCUT2D eigenvalue weighted by molar-refractivity contribution is 5.64. The second kappa shape index (κ2) is 4.44. The molecule has 0 bridgehead atoms. The molecule has 0 atom stereocenters. The van der Waals surface area contributed by atoms with Gasteiger partial charge in [0.2, 0.25) is 0 Å². The molecule has 2 nitrogen and oxygen atoms in total. The van der Waals surface area contributed by atoms with Crippen LogP contribution in [0.2, 0.25) is 0 Å². The number of hydrogen-bond donors (Lipinski definition) is 1. The maximum atomic E-state index is 8.68. The van der Waals surface area contributed by atoms with Crippen LogP contribution in [0.1, 0.15) is 18.1 Å². The number of benzene rings is 1. The zero-order valence-corrected chi connectivity index (χ0v) is 7.49. The second-order valence-corrected chi connectivity index (χ2v) is 2.76. The predicted molar refractivity (Wildman–Crippen MR) is 51.9 cm³/mol. The average Bonchev–Trinajstić information content (AvgIpc) is 2.18. The zero-order chi connectivity index (χ0) is 9.68. The lowest BCUT2D eigenvalue weighted by Gasteiger charge is -2.00. The summed E-state index contributed by atoms with van der Waals surface area (Å²) in [5.74, 6) is 0. The molecule has 0 unspecified atom stereocenters. The van der Waals surface area contributed by atoms with Gasteiger partial charge in [-0.05, 0) is 30.2 Å². The van der Waals surface area contributed by atoms with Crippen molar-refractivity contribution < 1.29 is 5.11 Å². The summed E-state index contributed by atoms with van der Waals surface area (Å²) in [6.45, 7) is 1.94. The van der Waals surface area contributed by atoms with Gasteiger partial charge in [0, 0.05) is 0 Å². The van der Waals surface area contributed by atoms with Gasteiger partial charge in [-0.25, -0.2) is 0 Å². The third kappa shape index (κ3) is 2.43. The molecule has 1 aromatic carbocycles. The molecular weight excluding hydrogens is 162 g/mol. The molecule has 0 radical (unpaired) electrons. The van der Waals surface area contributed by atoms with Gasteiger partial charge >= 0.3 is 0 Å². The minimum absolute atomic E-state index is 0.0304. The van der Waals surface area contributed by atoms with Crippen molar-refractivity contribution in [2.45, 2.75) is 6.92 Å². The first kappa shape index (κ1) is 9.50. The van der Waals surface area contributed by atoms with E-state index in [1.807, 2.05) is 25.1 Å². The van der Waals surface area contributed by atoms with Crippen molar-refractivity contribution in [3.8, 4) is 6.07 Å². The molecule has 0 aliphatic heterocycles. The fourth-order valence-corrected chi connectivity index (χ4v) is 1.09. The molecular formula is C11H11NO. The molecule has 0 fully saturated rings. The normalized spacial score (nSPS) is 11.0. The minimum Gasteiger partial charge on any atom is -0.392 e. The summed E-state index contributed by atoms with van der Waals surface area (Å²) in [5.41, 5.74) is 2.61. The zero-order valence-electron chi connectivity index (χ0n) is 7.49. The third-order valence-electron chi connectivity index (χ3n) is 1.84. The van der Waals surface area contributed by atoms with Crippen LogP contribution in [-0.4, -0.2) is 11.7 Å². The van der Waals surface area contributed by atoms with Gasteiger partial charge in [0.15, 0.2) is 0 Å². The molecule has 1 aromatic rings. The fraction of sp³-hybridized carbons (Fsp3) is 0.182. The summed E-state index contributed by atoms with van der Waals surface area (Å²) >= 11 is 0. The van der Waals surface area contributed by atoms with E-state index in [0.717, 1.165) is 11.1 Å². The Hall–Kier alpha value is -1.59. The Morgan fingerprint density at radius 3 is 3.00 bits per heavy atom. The average molecular weight is 173 g/mol. The Morgan fingerprint density at radius 1 is 1.62 bits per heavy atom. The molecule has 1 N–H and O–H groups in total. The molecule has 0 aliphatic carbocycles. The van der Waals surface area contributed by atoms with Crippen molar-refractivity contribution in [1.29, 1.82) is 5.26 Å². The van der Waals surface area contributed by atoms with Crippen LogP contribution in [0.25, 0.3) is 5.57 Å². The maximum Gasteiger partial charge on any atom is 0.0991 e. The Bertz CT molecular complexity index is 361. The molecule has 66 valence electrons. The van der Waals surface area contributed by atoms with Gasteiger partial charge in [0.1, 0.15) is 0 Å². The number of aliphatic hydroxyl groups is 1. The van der Waals surface area contributed by atoms with Gasteiger partial charge in [-0.1, -0.05) is 18.2 Å². The van der Waals surface area contributed by atoms with Crippen LogP contribution >= 0.6 is 0 Å². The van der Waals surface area contributed by atoms with E-state index in [0.29, 0.717) is 5.56 Å². The van der Waals surface area contributed by atoms with Crippen LogP contribution in [-0.2, 0) is 0 Å². The van der Waals surface area contributed by atoms with Crippen LogP contribution in [0, 0.1) is 11.3 Å². The van der Waals surface area contributed by atoms with Crippen LogP contribution in [0.15, 0.2) is 30.3 Å². The summed E-state index contributed by atoms with van der Waals surface area (Å²) < 4.78 is 0. The van der Waals surface area contributed by atoms with Crippen molar-refractivity contribution in [1.82, 2.24) is 0 Å². The first-order valence-corrected chi connectivity index (χ1v) is 4.06. The van der Waals surface area contributed by atoms with Crippen molar-refractivity contribution in [3.05, 3.63) is 41.5 Å². The van der Waals surface area contributed by atoms with E-state index in [2.05, 4.69) is 6.07 Å². The van der Waals surface area contributed by atoms with Crippen LogP contribution in [0.4, 0.5) is 0 Å². The highest BCUT2D eigenvalue weighted by Gasteiger charge is 1.96. The van der Waals surface area contributed by atoms with E-state index < -0.39 is 0 Å². The number of hydrogen-bond acceptors (Lipinski definition) is 2. The summed E-state index contributed by atoms with van der Waals surface area (Å²) in [6, 6.07) is 9.40. The molecule has 0 saturated carbocycles. The topological polar surface area (TPSA) is 44.0 Å². The predicted octanol–water partition coefficient (Wildman–Crippen LogP) is 1.95. The van der Waals surface area contributed by atoms with Crippen molar-refractivity contribution in [2.24, 2.45) is 0 Å². The van der Waals surface area contributed by atoms with E-state index >= 15 is 0 Å². The minimum atomic E-state index is 0.0304. The van der Waals surface area contributed by atoms with Crippen LogP contribution in [0.3, 0.4) is 0 Å². The highest BCUT2D eigenvalue weighted by atomic mass is 16.2. The molecule has 1 rings (SSSR count). The highest BCUT2D eigenvalue weighted by Crippen LogP contribution is 2.14. The first-order valence-electron chi connectivity index (χ1n) is 4.06. The van der Waals surface area contributed by atoms with Gasteiger partial charge in [0.25, 0.3) is 0 Å². The van der Waals surface area contributed by atoms with Crippen molar-refractivity contribution in [3.63, 3.8) is 0 Å². The molecule has 0 aromatic heterocycles. The summed E-state index contributed by atoms with van der Waals surface area (Å²) in [6.07, 6.45) is 1.72. The molecule has 0 amide bonds. The van der Waals surface area contributed by atoms with Crippen molar-refractivity contribution >= 4 is 5.57 Å². The lowest BCUT2D eigenvalue weighted by Crippen LogP contribution is -1.83. The smallest absolute Gasteiger partial charge is 0.0991 e. The van der Waals surface area contributed by atoms with Crippen LogP contribution < -0.4 is 0 Å². The standard InChI is InChI=1S/C11H11NO/c1-9(5-6-13)11-4-2-3-10(7-11)8-12/h2-5,7,13H,6H2,1H3. The molecule has 2 heteroatoms. The van der Waals surface area contributed by atoms with E-state index in [4.69, 9.17) is 10.4 Å². The Labute approximate surface area is 77.8 Å². The van der Waals surface area contributed by atoms with Gasteiger partial charge in [-0.15, -0.1) is 0 Å². The van der Waals surface area contributed by atoms with E-state index in [-0.39, 0.29) is 6.61 Å². The van der Waals surface area contributed by atoms with Gasteiger partial charge < -0.3 is 5.11 Å². The van der Waals surface area contributed by atoms with E-state index in [9.17, 15) is 0 Å². The fourth-order valence-electron chi connectivity index (χ4n) is 1.09. The lowest BCUT2D eigenvalue weighted by molar-refractivity contribution is 0.343. The number of nitriles is 1. The second-order valence-electron chi connectivity index (χ2n) is 2.76. The Kier molecular flexibility index (Phi) is 3.24. The Balaban J connectivity index is 3.03. The first-order chi connectivity index (χ1) is 6.27. The Morgan fingerprint density at radius 2 is 2.38 bits per heavy atom. The molecule has 0 spiro atoms. The van der Waals surface area contributed by atoms with Crippen molar-refractivity contribution in [2.75, 3.05) is 6.61 Å². The monoisotopic (exact) mass is 173 g/mol. The van der Waals surface area contributed by atoms with Gasteiger partial charge in [0.05, 0.1) is 18.2 Å². The number of aliphatic hydroxyl groups excluding tert-OH is 1. The molecule has 0 heterocycles. The van der Waals surface area contributed by atoms with Crippen LogP contribution in [0.5, 0.6) is 0 Å². The summed E-state index contributed by atoms with van der Waals surface area (Å²) in [5, 5.41) is 17.3. The van der Waals surface area contributed by atoms with Gasteiger partial charge in [-0.2, -0.15) is 5.26 Å². The molecule has 0 aliphatic rings. The maximum absolute atomic E-state index is 8.68. The lowest BCUT2D eigenvalue weighted by atomic mass is 10.1. The number of allylic oxidation sites excluding steroid dienone is 1. The summed E-state index contributed by atoms with van der Waals surface area (Å²) in [4.78, 5) is 0. The number of nitrogens with zero attached hydrogens (tertiary/aromatic N) is 1.